The zero-order valence-electron chi connectivity index (χ0n) is 16.5. The second-order valence-electron chi connectivity index (χ2n) is 7.44. The Morgan fingerprint density at radius 2 is 1.63 bits per heavy atom. The zero-order valence-corrected chi connectivity index (χ0v) is 17.3. The lowest BCUT2D eigenvalue weighted by Gasteiger charge is -2.38. The van der Waals surface area contributed by atoms with Crippen molar-refractivity contribution in [3.63, 3.8) is 0 Å². The number of piperidine rings is 1. The minimum Gasteiger partial charge on any atom is -0.465 e. The van der Waals surface area contributed by atoms with Crippen molar-refractivity contribution < 1.29 is 22.7 Å². The molecule has 2 aliphatic rings. The Morgan fingerprint density at radius 1 is 1.00 bits per heavy atom. The van der Waals surface area contributed by atoms with Gasteiger partial charge in [0.25, 0.3) is 5.91 Å². The van der Waals surface area contributed by atoms with Crippen LogP contribution in [0.1, 0.15) is 33.6 Å². The maximum Gasteiger partial charge on any atom is 0.337 e. The monoisotopic (exact) mass is 429 g/mol. The number of amides is 1. The van der Waals surface area contributed by atoms with Crippen molar-refractivity contribution in [3.8, 4) is 0 Å². The molecule has 0 saturated carbocycles. The van der Waals surface area contributed by atoms with E-state index in [1.807, 2.05) is 0 Å². The second-order valence-corrected chi connectivity index (χ2v) is 9.12. The number of para-hydroxylation sites is 1. The van der Waals surface area contributed by atoms with Crippen molar-refractivity contribution >= 4 is 27.6 Å². The quantitative estimate of drug-likeness (QED) is 0.724. The summed E-state index contributed by atoms with van der Waals surface area (Å²) in [7, 11) is -2.25. The van der Waals surface area contributed by atoms with E-state index >= 15 is 0 Å². The summed E-state index contributed by atoms with van der Waals surface area (Å²) in [6.45, 7) is 1.06. The van der Waals surface area contributed by atoms with Crippen LogP contribution in [0.25, 0.3) is 0 Å². The molecule has 0 aliphatic carbocycles. The van der Waals surface area contributed by atoms with Crippen LogP contribution in [0.3, 0.4) is 0 Å². The normalized spacial score (nSPS) is 20.7. The predicted molar refractivity (Wildman–Crippen MR) is 111 cm³/mol. The van der Waals surface area contributed by atoms with Gasteiger partial charge in [0.15, 0.2) is 0 Å². The summed E-state index contributed by atoms with van der Waals surface area (Å²) in [4.78, 5) is 26.3. The molecule has 1 fully saturated rings. The highest BCUT2D eigenvalue weighted by atomic mass is 32.2. The summed E-state index contributed by atoms with van der Waals surface area (Å²) in [5.74, 6) is -0.481. The van der Waals surface area contributed by atoms with E-state index in [2.05, 4.69) is 14.8 Å². The Labute approximate surface area is 175 Å². The maximum atomic E-state index is 12.8. The van der Waals surface area contributed by atoms with Crippen LogP contribution in [0, 0.1) is 5.92 Å². The Balaban J connectivity index is 1.39. The van der Waals surface area contributed by atoms with E-state index in [1.54, 1.807) is 53.4 Å². The first kappa shape index (κ1) is 20.4. The number of benzene rings is 2. The van der Waals surface area contributed by atoms with Crippen molar-refractivity contribution in [1.29, 1.82) is 0 Å². The number of fused-ring (bicyclic) bond motifs is 1. The molecule has 1 unspecified atom stereocenters. The van der Waals surface area contributed by atoms with Gasteiger partial charge in [-0.25, -0.2) is 13.2 Å². The number of sulfonamides is 1. The number of esters is 1. The van der Waals surface area contributed by atoms with Crippen molar-refractivity contribution in [2.45, 2.75) is 23.9 Å². The van der Waals surface area contributed by atoms with Crippen LogP contribution in [0.5, 0.6) is 0 Å². The first-order valence-corrected chi connectivity index (χ1v) is 11.2. The van der Waals surface area contributed by atoms with Gasteiger partial charge in [-0.2, -0.15) is 4.72 Å². The minimum atomic E-state index is -3.56. The van der Waals surface area contributed by atoms with Gasteiger partial charge in [-0.1, -0.05) is 12.1 Å². The van der Waals surface area contributed by atoms with Crippen LogP contribution in [-0.4, -0.2) is 51.6 Å². The van der Waals surface area contributed by atoms with Crippen LogP contribution in [0.2, 0.25) is 0 Å². The number of rotatable bonds is 3. The summed E-state index contributed by atoms with van der Waals surface area (Å²) >= 11 is 0. The molecule has 2 aliphatic heterocycles. The molecule has 2 aromatic rings. The number of hydrogen-bond donors (Lipinski definition) is 2. The molecular weight excluding hydrogens is 406 g/mol. The summed E-state index contributed by atoms with van der Waals surface area (Å²) < 4.78 is 32.5. The van der Waals surface area contributed by atoms with Crippen molar-refractivity contribution in [2.75, 3.05) is 25.5 Å². The van der Waals surface area contributed by atoms with E-state index in [0.29, 0.717) is 42.7 Å². The smallest absolute Gasteiger partial charge is 0.337 e. The van der Waals surface area contributed by atoms with E-state index < -0.39 is 22.2 Å². The summed E-state index contributed by atoms with van der Waals surface area (Å²) in [6, 6.07) is 13.2. The number of ether oxygens (including phenoxy) is 1. The van der Waals surface area contributed by atoms with Crippen molar-refractivity contribution in [2.24, 2.45) is 5.92 Å². The highest BCUT2D eigenvalue weighted by Gasteiger charge is 2.35. The van der Waals surface area contributed by atoms with Crippen LogP contribution in [0.15, 0.2) is 53.4 Å². The van der Waals surface area contributed by atoms with Gasteiger partial charge in [-0.3, -0.25) is 4.79 Å². The van der Waals surface area contributed by atoms with Crippen molar-refractivity contribution in [3.05, 3.63) is 59.7 Å². The molecule has 9 heteroatoms. The Morgan fingerprint density at radius 3 is 2.30 bits per heavy atom. The number of carbonyl (C=O) groups excluding carboxylic acids is 2. The number of nitrogens with one attached hydrogen (secondary N) is 2. The standard InChI is InChI=1S/C21H23N3O5S/c1-29-21(26)16-8-6-15(7-9-16)20(25)24-12-10-14(11-13-24)19-22-17-4-2-3-5-18(17)30(27,28)23-19/h2-9,14,19,22-23H,10-13H2,1H3. The van der Waals surface area contributed by atoms with Gasteiger partial charge in [0.1, 0.15) is 4.90 Å². The number of nitrogens with zero attached hydrogens (tertiary/aromatic N) is 1. The molecule has 8 nitrogen and oxygen atoms in total. The third kappa shape index (κ3) is 3.90. The number of methoxy groups -OCH3 is 1. The lowest BCUT2D eigenvalue weighted by Crippen LogP contribution is -2.52. The first-order chi connectivity index (χ1) is 14.4. The molecule has 0 bridgehead atoms. The van der Waals surface area contributed by atoms with E-state index in [0.717, 1.165) is 0 Å². The maximum absolute atomic E-state index is 12.8. The molecule has 0 aromatic heterocycles. The minimum absolute atomic E-state index is 0.0684. The highest BCUT2D eigenvalue weighted by Crippen LogP contribution is 2.31. The average molecular weight is 429 g/mol. The number of anilines is 1. The highest BCUT2D eigenvalue weighted by molar-refractivity contribution is 7.89. The molecule has 1 amide bonds. The summed E-state index contributed by atoms with van der Waals surface area (Å²) in [5, 5.41) is 3.28. The molecule has 0 radical (unpaired) electrons. The summed E-state index contributed by atoms with van der Waals surface area (Å²) in [6.07, 6.45) is 0.948. The lowest BCUT2D eigenvalue weighted by atomic mass is 9.93. The van der Waals surface area contributed by atoms with Gasteiger partial charge in [0.2, 0.25) is 10.0 Å². The van der Waals surface area contributed by atoms with Crippen LogP contribution in [0.4, 0.5) is 5.69 Å². The topological polar surface area (TPSA) is 105 Å². The molecule has 30 heavy (non-hydrogen) atoms. The van der Waals surface area contributed by atoms with Gasteiger partial charge < -0.3 is 15.0 Å². The van der Waals surface area contributed by atoms with Crippen LogP contribution < -0.4 is 10.0 Å². The Hall–Kier alpha value is -2.91. The molecule has 1 atom stereocenters. The summed E-state index contributed by atoms with van der Waals surface area (Å²) in [5.41, 5.74) is 1.50. The molecule has 0 spiro atoms. The number of carbonyl (C=O) groups is 2. The van der Waals surface area contributed by atoms with Crippen LogP contribution in [-0.2, 0) is 14.8 Å². The molecule has 2 heterocycles. The third-order valence-corrected chi connectivity index (χ3v) is 7.12. The fourth-order valence-corrected chi connectivity index (χ4v) is 5.33. The van der Waals surface area contributed by atoms with E-state index in [1.165, 1.54) is 7.11 Å². The van der Waals surface area contributed by atoms with Gasteiger partial charge >= 0.3 is 5.97 Å². The van der Waals surface area contributed by atoms with Crippen molar-refractivity contribution in [1.82, 2.24) is 9.62 Å². The molecular formula is C21H23N3O5S. The third-order valence-electron chi connectivity index (χ3n) is 5.62. The van der Waals surface area contributed by atoms with Gasteiger partial charge in [-0.05, 0) is 55.2 Å². The van der Waals surface area contributed by atoms with Gasteiger partial charge in [-0.15, -0.1) is 0 Å². The predicted octanol–water partition coefficient (Wildman–Crippen LogP) is 2.06. The molecule has 4 rings (SSSR count). The fraction of sp³-hybridized carbons (Fsp3) is 0.333. The van der Waals surface area contributed by atoms with E-state index in [-0.39, 0.29) is 16.7 Å². The second kappa shape index (κ2) is 8.08. The first-order valence-electron chi connectivity index (χ1n) is 9.74. The molecule has 158 valence electrons. The fourth-order valence-electron chi connectivity index (χ4n) is 3.95. The molecule has 2 N–H and O–H groups in total. The SMILES string of the molecule is COC(=O)c1ccc(C(=O)N2CCC(C3Nc4ccccc4S(=O)(=O)N3)CC2)cc1. The Kier molecular flexibility index (Phi) is 5.48. The average Bonchev–Trinajstić information content (AvgIpc) is 2.78. The molecule has 1 saturated heterocycles. The van der Waals surface area contributed by atoms with Gasteiger partial charge in [0, 0.05) is 18.7 Å². The Bertz CT molecular complexity index is 1060. The zero-order chi connectivity index (χ0) is 21.3. The van der Waals surface area contributed by atoms with E-state index in [9.17, 15) is 18.0 Å². The van der Waals surface area contributed by atoms with Crippen LogP contribution >= 0.6 is 0 Å². The largest absolute Gasteiger partial charge is 0.465 e. The lowest BCUT2D eigenvalue weighted by molar-refractivity contribution is 0.0599. The van der Waals surface area contributed by atoms with E-state index in [4.69, 9.17) is 0 Å². The van der Waals surface area contributed by atoms with Gasteiger partial charge in [0.05, 0.1) is 24.5 Å². The molecule has 2 aromatic carbocycles. The number of likely N-dealkylation sites (tertiary alicyclic amines) is 1. The number of hydrogen-bond acceptors (Lipinski definition) is 6.